The van der Waals surface area contributed by atoms with Gasteiger partial charge < -0.3 is 10.5 Å². The zero-order valence-electron chi connectivity index (χ0n) is 10.8. The molecule has 0 atom stereocenters. The third kappa shape index (κ3) is 2.73. The van der Waals surface area contributed by atoms with E-state index in [1.807, 2.05) is 0 Å². The molecule has 0 aliphatic heterocycles. The van der Waals surface area contributed by atoms with Gasteiger partial charge in [0.25, 0.3) is 0 Å². The van der Waals surface area contributed by atoms with Crippen LogP contribution >= 0.6 is 0 Å². The lowest BCUT2D eigenvalue weighted by molar-refractivity contribution is -0.385. The monoisotopic (exact) mass is 290 g/mol. The summed E-state index contributed by atoms with van der Waals surface area (Å²) in [7, 11) is 0. The van der Waals surface area contributed by atoms with Crippen LogP contribution in [0.4, 0.5) is 15.9 Å². The molecule has 21 heavy (non-hydrogen) atoms. The quantitative estimate of drug-likeness (QED) is 0.685. The number of halogens is 1. The van der Waals surface area contributed by atoms with Crippen molar-refractivity contribution in [3.63, 3.8) is 0 Å². The predicted octanol–water partition coefficient (Wildman–Crippen LogP) is 2.78. The first kappa shape index (κ1) is 13.2. The van der Waals surface area contributed by atoms with Crippen molar-refractivity contribution in [2.24, 2.45) is 0 Å². The van der Waals surface area contributed by atoms with E-state index in [-0.39, 0.29) is 17.6 Å². The van der Waals surface area contributed by atoms with E-state index in [2.05, 4.69) is 9.97 Å². The van der Waals surface area contributed by atoms with Gasteiger partial charge in [-0.1, -0.05) is 6.07 Å². The minimum absolute atomic E-state index is 0.00222. The number of para-hydroxylation sites is 1. The van der Waals surface area contributed by atoms with E-state index in [1.165, 1.54) is 12.1 Å². The van der Waals surface area contributed by atoms with E-state index >= 15 is 0 Å². The number of aromatic nitrogens is 2. The first-order valence-electron chi connectivity index (χ1n) is 6.30. The number of nitrogens with zero attached hydrogens (tertiary/aromatic N) is 3. The van der Waals surface area contributed by atoms with Gasteiger partial charge in [0.2, 0.25) is 11.6 Å². The van der Waals surface area contributed by atoms with Crippen LogP contribution in [-0.2, 0) is 0 Å². The van der Waals surface area contributed by atoms with Gasteiger partial charge in [-0.25, -0.2) is 9.37 Å². The summed E-state index contributed by atoms with van der Waals surface area (Å²) >= 11 is 0. The summed E-state index contributed by atoms with van der Waals surface area (Å²) in [6.07, 6.45) is 1.92. The third-order valence-electron chi connectivity index (χ3n) is 3.03. The number of anilines is 1. The number of hydrogen-bond acceptors (Lipinski definition) is 6. The number of hydrogen-bond donors (Lipinski definition) is 1. The molecular weight excluding hydrogens is 279 g/mol. The Kier molecular flexibility index (Phi) is 3.13. The molecule has 3 rings (SSSR count). The Bertz CT molecular complexity index is 719. The molecule has 1 saturated carbocycles. The summed E-state index contributed by atoms with van der Waals surface area (Å²) in [5, 5.41) is 10.9. The van der Waals surface area contributed by atoms with Gasteiger partial charge in [0, 0.05) is 18.1 Å². The van der Waals surface area contributed by atoms with E-state index in [9.17, 15) is 14.5 Å². The van der Waals surface area contributed by atoms with E-state index in [1.54, 1.807) is 0 Å². The number of ether oxygens (including phenoxy) is 1. The molecule has 2 aromatic rings. The molecule has 1 aliphatic rings. The summed E-state index contributed by atoms with van der Waals surface area (Å²) in [6.45, 7) is 0. The molecule has 1 aromatic carbocycles. The Morgan fingerprint density at radius 1 is 1.38 bits per heavy atom. The van der Waals surface area contributed by atoms with Gasteiger partial charge in [-0.2, -0.15) is 4.98 Å². The van der Waals surface area contributed by atoms with E-state index < -0.39 is 22.2 Å². The molecule has 1 aromatic heterocycles. The van der Waals surface area contributed by atoms with Crippen molar-refractivity contribution in [1.82, 2.24) is 9.97 Å². The maximum absolute atomic E-state index is 13.8. The predicted molar refractivity (Wildman–Crippen MR) is 71.5 cm³/mol. The number of nitrogen functional groups attached to an aromatic ring is 1. The SMILES string of the molecule is Nc1cc(Oc2c(F)cccc2[N+](=O)[O-])nc(C2CC2)n1. The Morgan fingerprint density at radius 3 is 2.81 bits per heavy atom. The molecule has 1 fully saturated rings. The molecule has 0 spiro atoms. The molecule has 0 amide bonds. The van der Waals surface area contributed by atoms with Crippen molar-refractivity contribution in [3.8, 4) is 11.6 Å². The smallest absolute Gasteiger partial charge is 0.314 e. The molecule has 1 heterocycles. The molecule has 0 bridgehead atoms. The number of nitrogens with two attached hydrogens (primary N) is 1. The zero-order chi connectivity index (χ0) is 15.0. The van der Waals surface area contributed by atoms with Crippen LogP contribution in [0, 0.1) is 15.9 Å². The lowest BCUT2D eigenvalue weighted by Gasteiger charge is -2.08. The topological polar surface area (TPSA) is 104 Å². The highest BCUT2D eigenvalue weighted by atomic mass is 19.1. The first-order chi connectivity index (χ1) is 10.0. The Morgan fingerprint density at radius 2 is 2.14 bits per heavy atom. The van der Waals surface area contributed by atoms with Crippen LogP contribution in [0.2, 0.25) is 0 Å². The number of benzene rings is 1. The van der Waals surface area contributed by atoms with Gasteiger partial charge >= 0.3 is 5.69 Å². The summed E-state index contributed by atoms with van der Waals surface area (Å²) in [6, 6.07) is 4.78. The molecule has 0 unspecified atom stereocenters. The molecular formula is C13H11FN4O3. The summed E-state index contributed by atoms with van der Waals surface area (Å²) in [5.74, 6) is -0.398. The highest BCUT2D eigenvalue weighted by molar-refractivity contribution is 5.49. The number of nitro groups is 1. The Balaban J connectivity index is 1.98. The van der Waals surface area contributed by atoms with Gasteiger partial charge in [0.05, 0.1) is 4.92 Å². The first-order valence-corrected chi connectivity index (χ1v) is 6.30. The standard InChI is InChI=1S/C13H11FN4O3/c14-8-2-1-3-9(18(19)20)12(8)21-11-6-10(15)16-13(17-11)7-4-5-7/h1-3,6-7H,4-5H2,(H2,15,16,17). The van der Waals surface area contributed by atoms with Crippen LogP contribution in [0.15, 0.2) is 24.3 Å². The fourth-order valence-electron chi connectivity index (χ4n) is 1.88. The van der Waals surface area contributed by atoms with Crippen molar-refractivity contribution in [2.75, 3.05) is 5.73 Å². The number of nitro benzene ring substituents is 1. The second kappa shape index (κ2) is 4.97. The molecule has 8 heteroatoms. The summed E-state index contributed by atoms with van der Waals surface area (Å²) < 4.78 is 19.0. The van der Waals surface area contributed by atoms with Gasteiger partial charge in [-0.05, 0) is 18.9 Å². The van der Waals surface area contributed by atoms with Gasteiger partial charge in [-0.3, -0.25) is 10.1 Å². The second-order valence-corrected chi connectivity index (χ2v) is 4.71. The van der Waals surface area contributed by atoms with Crippen LogP contribution in [-0.4, -0.2) is 14.9 Å². The lowest BCUT2D eigenvalue weighted by Crippen LogP contribution is -2.02. The normalized spacial score (nSPS) is 14.0. The third-order valence-corrected chi connectivity index (χ3v) is 3.03. The van der Waals surface area contributed by atoms with Crippen molar-refractivity contribution in [2.45, 2.75) is 18.8 Å². The van der Waals surface area contributed by atoms with Crippen molar-refractivity contribution < 1.29 is 14.1 Å². The van der Waals surface area contributed by atoms with Gasteiger partial charge in [0.1, 0.15) is 11.6 Å². The molecule has 2 N–H and O–H groups in total. The Hall–Kier alpha value is -2.77. The summed E-state index contributed by atoms with van der Waals surface area (Å²) in [5.41, 5.74) is 5.18. The highest BCUT2D eigenvalue weighted by Gasteiger charge is 2.28. The Labute approximate surface area is 118 Å². The van der Waals surface area contributed by atoms with Crippen LogP contribution in [0.3, 0.4) is 0 Å². The van der Waals surface area contributed by atoms with Crippen molar-refractivity contribution >= 4 is 11.5 Å². The van der Waals surface area contributed by atoms with Gasteiger partial charge in [0.15, 0.2) is 5.82 Å². The minimum Gasteiger partial charge on any atom is -0.428 e. The number of rotatable bonds is 4. The van der Waals surface area contributed by atoms with E-state index in [0.29, 0.717) is 5.82 Å². The van der Waals surface area contributed by atoms with Crippen LogP contribution in [0.5, 0.6) is 11.6 Å². The van der Waals surface area contributed by atoms with Crippen LogP contribution < -0.4 is 10.5 Å². The molecule has 0 radical (unpaired) electrons. The van der Waals surface area contributed by atoms with Crippen LogP contribution in [0.1, 0.15) is 24.6 Å². The minimum atomic E-state index is -0.839. The average molecular weight is 290 g/mol. The van der Waals surface area contributed by atoms with Crippen molar-refractivity contribution in [3.05, 3.63) is 46.0 Å². The fraction of sp³-hybridized carbons (Fsp3) is 0.231. The maximum Gasteiger partial charge on any atom is 0.314 e. The molecule has 1 aliphatic carbocycles. The van der Waals surface area contributed by atoms with Crippen LogP contribution in [0.25, 0.3) is 0 Å². The largest absolute Gasteiger partial charge is 0.428 e. The van der Waals surface area contributed by atoms with E-state index in [0.717, 1.165) is 25.0 Å². The highest BCUT2D eigenvalue weighted by Crippen LogP contribution is 2.40. The maximum atomic E-state index is 13.8. The zero-order valence-corrected chi connectivity index (χ0v) is 10.8. The summed E-state index contributed by atoms with van der Waals surface area (Å²) in [4.78, 5) is 18.4. The van der Waals surface area contributed by atoms with Gasteiger partial charge in [-0.15, -0.1) is 0 Å². The van der Waals surface area contributed by atoms with Crippen molar-refractivity contribution in [1.29, 1.82) is 0 Å². The lowest BCUT2D eigenvalue weighted by atomic mass is 10.3. The second-order valence-electron chi connectivity index (χ2n) is 4.71. The average Bonchev–Trinajstić information content (AvgIpc) is 3.24. The fourth-order valence-corrected chi connectivity index (χ4v) is 1.88. The molecule has 7 nitrogen and oxygen atoms in total. The van der Waals surface area contributed by atoms with E-state index in [4.69, 9.17) is 10.5 Å². The molecule has 108 valence electrons. The molecule has 0 saturated heterocycles.